The predicted molar refractivity (Wildman–Crippen MR) is 123 cm³/mol. The zero-order valence-corrected chi connectivity index (χ0v) is 18.3. The van der Waals surface area contributed by atoms with Crippen molar-refractivity contribution in [3.63, 3.8) is 0 Å². The molecule has 1 fully saturated rings. The number of hydrogen-bond acceptors (Lipinski definition) is 4. The number of hydrogen-bond donors (Lipinski definition) is 0. The number of rotatable bonds is 4. The summed E-state index contributed by atoms with van der Waals surface area (Å²) in [5, 5.41) is 1.31. The van der Waals surface area contributed by atoms with Crippen LogP contribution in [0.15, 0.2) is 52.4 Å². The first kappa shape index (κ1) is 20.5. The molecule has 1 amide bonds. The third-order valence-electron chi connectivity index (χ3n) is 4.30. The van der Waals surface area contributed by atoms with E-state index in [0.717, 1.165) is 22.5 Å². The summed E-state index contributed by atoms with van der Waals surface area (Å²) in [6.07, 6.45) is 1.91. The fourth-order valence-corrected chi connectivity index (χ4v) is 4.04. The molecule has 2 aromatic rings. The Morgan fingerprint density at radius 2 is 1.82 bits per heavy atom. The summed E-state index contributed by atoms with van der Waals surface area (Å²) in [6.45, 7) is 5.94. The number of nitrogens with zero attached hydrogens (tertiary/aromatic N) is 3. The Bertz CT molecular complexity index is 949. The van der Waals surface area contributed by atoms with Crippen molar-refractivity contribution in [2.75, 3.05) is 23.9 Å². The molecule has 0 aromatic heterocycles. The maximum absolute atomic E-state index is 13.2. The van der Waals surface area contributed by atoms with Crippen molar-refractivity contribution >= 4 is 51.9 Å². The molecule has 146 valence electrons. The van der Waals surface area contributed by atoms with Crippen LogP contribution in [0.3, 0.4) is 0 Å². The molecule has 0 saturated carbocycles. The highest BCUT2D eigenvalue weighted by molar-refractivity contribution is 8.19. The third-order valence-corrected chi connectivity index (χ3v) is 5.69. The van der Waals surface area contributed by atoms with Gasteiger partial charge in [0.2, 0.25) is 0 Å². The first-order chi connectivity index (χ1) is 13.3. The summed E-state index contributed by atoms with van der Waals surface area (Å²) in [7, 11) is 4.01. The van der Waals surface area contributed by atoms with Gasteiger partial charge in [0, 0.05) is 30.8 Å². The molecule has 0 aliphatic carbocycles. The summed E-state index contributed by atoms with van der Waals surface area (Å²) in [5.41, 5.74) is 3.81. The number of thioether (sulfide) groups is 1. The monoisotopic (exact) mass is 413 g/mol. The fraction of sp³-hybridized carbons (Fsp3) is 0.273. The largest absolute Gasteiger partial charge is 0.378 e. The number of amides is 1. The number of carbonyl (C=O) groups excluding carboxylic acids is 1. The van der Waals surface area contributed by atoms with E-state index in [1.54, 1.807) is 4.90 Å². The van der Waals surface area contributed by atoms with Crippen molar-refractivity contribution in [1.82, 2.24) is 0 Å². The van der Waals surface area contributed by atoms with Gasteiger partial charge in [-0.05, 0) is 74.0 Å². The minimum atomic E-state index is -0.0824. The van der Waals surface area contributed by atoms with Crippen molar-refractivity contribution in [3.8, 4) is 0 Å². The van der Waals surface area contributed by atoms with Crippen LogP contribution in [-0.2, 0) is 4.79 Å². The zero-order chi connectivity index (χ0) is 20.4. The van der Waals surface area contributed by atoms with Gasteiger partial charge in [-0.25, -0.2) is 0 Å². The summed E-state index contributed by atoms with van der Waals surface area (Å²) in [5.74, 6) is -0.0824. The highest BCUT2D eigenvalue weighted by Crippen LogP contribution is 2.37. The van der Waals surface area contributed by atoms with Crippen molar-refractivity contribution in [2.45, 2.75) is 26.8 Å². The molecule has 28 heavy (non-hydrogen) atoms. The smallest absolute Gasteiger partial charge is 0.271 e. The second kappa shape index (κ2) is 8.41. The number of aliphatic imine (C=N–C) groups is 1. The Labute approximate surface area is 175 Å². The van der Waals surface area contributed by atoms with E-state index < -0.39 is 0 Å². The van der Waals surface area contributed by atoms with Crippen LogP contribution in [0.1, 0.15) is 25.0 Å². The van der Waals surface area contributed by atoms with Crippen LogP contribution in [0.5, 0.6) is 0 Å². The molecule has 1 aliphatic heterocycles. The zero-order valence-electron chi connectivity index (χ0n) is 16.7. The minimum Gasteiger partial charge on any atom is -0.378 e. The van der Waals surface area contributed by atoms with E-state index in [0.29, 0.717) is 15.1 Å². The molecule has 0 atom stereocenters. The molecule has 4 nitrogen and oxygen atoms in total. The number of halogens is 1. The van der Waals surface area contributed by atoms with Gasteiger partial charge in [0.05, 0.1) is 10.6 Å². The van der Waals surface area contributed by atoms with E-state index in [4.69, 9.17) is 11.6 Å². The molecule has 3 rings (SSSR count). The van der Waals surface area contributed by atoms with Crippen LogP contribution >= 0.6 is 23.4 Å². The van der Waals surface area contributed by atoms with Gasteiger partial charge in [-0.2, -0.15) is 0 Å². The molecule has 0 spiro atoms. The van der Waals surface area contributed by atoms with Crippen LogP contribution in [-0.4, -0.2) is 31.2 Å². The maximum Gasteiger partial charge on any atom is 0.271 e. The van der Waals surface area contributed by atoms with Crippen LogP contribution in [0, 0.1) is 6.92 Å². The quantitative estimate of drug-likeness (QED) is 0.612. The van der Waals surface area contributed by atoms with E-state index in [-0.39, 0.29) is 11.9 Å². The lowest BCUT2D eigenvalue weighted by Gasteiger charge is -2.17. The van der Waals surface area contributed by atoms with Gasteiger partial charge in [0.25, 0.3) is 5.91 Å². The number of aryl methyl sites for hydroxylation is 1. The third kappa shape index (κ3) is 4.42. The van der Waals surface area contributed by atoms with E-state index >= 15 is 0 Å². The summed E-state index contributed by atoms with van der Waals surface area (Å²) < 4.78 is 0. The van der Waals surface area contributed by atoms with Crippen molar-refractivity contribution in [1.29, 1.82) is 0 Å². The van der Waals surface area contributed by atoms with E-state index in [1.165, 1.54) is 11.8 Å². The SMILES string of the molecule is Cc1ccc(N2C(=O)/C(=C/c3ccc(N(C)C)cc3)S/C2=N\C(C)C)cc1Cl. The van der Waals surface area contributed by atoms with Gasteiger partial charge in [-0.15, -0.1) is 0 Å². The van der Waals surface area contributed by atoms with Crippen molar-refractivity contribution < 1.29 is 4.79 Å². The molecular weight excluding hydrogens is 390 g/mol. The second-order valence-electron chi connectivity index (χ2n) is 7.18. The van der Waals surface area contributed by atoms with E-state index in [9.17, 15) is 4.79 Å². The molecule has 1 heterocycles. The number of carbonyl (C=O) groups is 1. The van der Waals surface area contributed by atoms with Gasteiger partial charge >= 0.3 is 0 Å². The number of anilines is 2. The topological polar surface area (TPSA) is 35.9 Å². The van der Waals surface area contributed by atoms with Crippen molar-refractivity contribution in [2.24, 2.45) is 4.99 Å². The Morgan fingerprint density at radius 3 is 2.39 bits per heavy atom. The van der Waals surface area contributed by atoms with Gasteiger partial charge < -0.3 is 4.90 Å². The summed E-state index contributed by atoms with van der Waals surface area (Å²) in [4.78, 5) is 22.2. The lowest BCUT2D eigenvalue weighted by molar-refractivity contribution is -0.113. The predicted octanol–water partition coefficient (Wildman–Crippen LogP) is 5.60. The Morgan fingerprint density at radius 1 is 1.14 bits per heavy atom. The Balaban J connectivity index is 1.98. The average Bonchev–Trinajstić information content (AvgIpc) is 2.92. The fourth-order valence-electron chi connectivity index (χ4n) is 2.75. The van der Waals surface area contributed by atoms with Crippen LogP contribution < -0.4 is 9.80 Å². The molecule has 2 aromatic carbocycles. The number of amidine groups is 1. The van der Waals surface area contributed by atoms with Gasteiger partial charge in [-0.3, -0.25) is 14.7 Å². The van der Waals surface area contributed by atoms with Crippen LogP contribution in [0.2, 0.25) is 5.02 Å². The molecule has 1 aliphatic rings. The molecule has 0 radical (unpaired) electrons. The van der Waals surface area contributed by atoms with Crippen molar-refractivity contribution in [3.05, 3.63) is 63.5 Å². The lowest BCUT2D eigenvalue weighted by atomic mass is 10.1. The minimum absolute atomic E-state index is 0.0810. The van der Waals surface area contributed by atoms with Gasteiger partial charge in [0.1, 0.15) is 0 Å². The average molecular weight is 414 g/mol. The van der Waals surface area contributed by atoms with E-state index in [1.807, 2.05) is 88.3 Å². The molecule has 1 saturated heterocycles. The highest BCUT2D eigenvalue weighted by atomic mass is 35.5. The lowest BCUT2D eigenvalue weighted by Crippen LogP contribution is -2.29. The molecule has 6 heteroatoms. The van der Waals surface area contributed by atoms with Gasteiger partial charge in [0.15, 0.2) is 5.17 Å². The molecule has 0 bridgehead atoms. The van der Waals surface area contributed by atoms with E-state index in [2.05, 4.69) is 4.99 Å². The maximum atomic E-state index is 13.2. The first-order valence-electron chi connectivity index (χ1n) is 9.11. The van der Waals surface area contributed by atoms with Crippen LogP contribution in [0.25, 0.3) is 6.08 Å². The Hall–Kier alpha value is -2.24. The van der Waals surface area contributed by atoms with Gasteiger partial charge in [-0.1, -0.05) is 29.8 Å². The normalized spacial score (nSPS) is 17.2. The second-order valence-corrected chi connectivity index (χ2v) is 8.59. The first-order valence-corrected chi connectivity index (χ1v) is 10.3. The summed E-state index contributed by atoms with van der Waals surface area (Å²) >= 11 is 7.70. The molecule has 0 unspecified atom stereocenters. The molecule has 0 N–H and O–H groups in total. The highest BCUT2D eigenvalue weighted by Gasteiger charge is 2.35. The molecular formula is C22H24ClN3OS. The Kier molecular flexibility index (Phi) is 6.16. The summed E-state index contributed by atoms with van der Waals surface area (Å²) in [6, 6.07) is 13.8. The number of benzene rings is 2. The van der Waals surface area contributed by atoms with Crippen LogP contribution in [0.4, 0.5) is 11.4 Å². The standard InChI is InChI=1S/C22H24ClN3OS/c1-14(2)24-22-26(18-9-6-15(3)19(23)13-18)21(27)20(28-22)12-16-7-10-17(11-8-16)25(4)5/h6-14H,1-5H3/b20-12-,24-22-.